The van der Waals surface area contributed by atoms with Gasteiger partial charge in [0.25, 0.3) is 0 Å². The number of aryl methyl sites for hydroxylation is 1. The van der Waals surface area contributed by atoms with Crippen molar-refractivity contribution >= 4 is 15.8 Å². The first-order chi connectivity index (χ1) is 11.9. The lowest BCUT2D eigenvalue weighted by molar-refractivity contribution is -0.619. The quantitative estimate of drug-likeness (QED) is 0.413. The van der Waals surface area contributed by atoms with Gasteiger partial charge in [-0.15, -0.1) is 0 Å². The zero-order chi connectivity index (χ0) is 21.4. The van der Waals surface area contributed by atoms with E-state index in [0.717, 1.165) is 0 Å². The van der Waals surface area contributed by atoms with E-state index in [9.17, 15) is 13.2 Å². The summed E-state index contributed by atoms with van der Waals surface area (Å²) in [5.41, 5.74) is -0.952. The molecule has 2 rings (SSSR count). The van der Waals surface area contributed by atoms with E-state index >= 15 is 0 Å². The molecule has 0 spiro atoms. The summed E-state index contributed by atoms with van der Waals surface area (Å²) in [5, 5.41) is 0. The van der Waals surface area contributed by atoms with E-state index in [2.05, 4.69) is 77.3 Å². The molecule has 0 atom stereocenters. The molecule has 1 heterocycles. The summed E-state index contributed by atoms with van der Waals surface area (Å²) >= 11 is 0. The number of halogens is 3. The Balaban J connectivity index is 0.000000387. The fourth-order valence-corrected chi connectivity index (χ4v) is 4.08. The van der Waals surface area contributed by atoms with Crippen LogP contribution in [0.3, 0.4) is 0 Å². The fraction of sp³-hybridized carbons (Fsp3) is 0.632. The topological polar surface area (TPSA) is 60.2 Å². The molecule has 4 nitrogen and oxygen atoms in total. The first-order valence-electron chi connectivity index (χ1n) is 8.66. The average Bonchev–Trinajstić information content (AvgIpc) is 2.62. The van der Waals surface area contributed by atoms with Crippen molar-refractivity contribution in [2.75, 3.05) is 0 Å². The molecule has 27 heavy (non-hydrogen) atoms. The van der Waals surface area contributed by atoms with E-state index in [0.29, 0.717) is 6.04 Å². The third-order valence-electron chi connectivity index (χ3n) is 4.53. The van der Waals surface area contributed by atoms with E-state index in [1.807, 2.05) is 0 Å². The SMILES string of the molecule is Cc1ccc(C2=[N+](C(C)C)C(C)(C)CC2(C)C)cc1.O=S(=O)([O-])C(F)(F)F. The van der Waals surface area contributed by atoms with E-state index in [-0.39, 0.29) is 11.0 Å². The number of nitrogens with zero attached hydrogens (tertiary/aromatic N) is 1. The van der Waals surface area contributed by atoms with Gasteiger partial charge in [0.15, 0.2) is 21.4 Å². The van der Waals surface area contributed by atoms with Crippen LogP contribution in [0.15, 0.2) is 24.3 Å². The molecular formula is C19H28F3NO3S. The summed E-state index contributed by atoms with van der Waals surface area (Å²) in [5.74, 6) is 0. The van der Waals surface area contributed by atoms with Gasteiger partial charge in [0, 0.05) is 12.0 Å². The number of hydrogen-bond donors (Lipinski definition) is 0. The van der Waals surface area contributed by atoms with Crippen LogP contribution in [0, 0.1) is 12.3 Å². The zero-order valence-corrected chi connectivity index (χ0v) is 17.6. The summed E-state index contributed by atoms with van der Waals surface area (Å²) in [6.07, 6.45) is 1.21. The second-order valence-electron chi connectivity index (χ2n) is 8.45. The minimum Gasteiger partial charge on any atom is -0.741 e. The standard InChI is InChI=1S/C18H28N.CHF3O3S/c1-13(2)19-16(15-10-8-14(3)9-11-15)17(4,5)12-18(19,6)7;2-1(3,4)8(5,6)7/h8-11,13H,12H2,1-7H3;(H,5,6,7)/q+1;/p-1. The molecule has 1 aromatic carbocycles. The van der Waals surface area contributed by atoms with Gasteiger partial charge in [-0.2, -0.15) is 13.2 Å². The van der Waals surface area contributed by atoms with E-state index in [1.165, 1.54) is 23.3 Å². The Bertz CT molecular complexity index is 806. The van der Waals surface area contributed by atoms with Crippen molar-refractivity contribution in [2.24, 2.45) is 5.41 Å². The molecule has 1 aliphatic rings. The summed E-state index contributed by atoms with van der Waals surface area (Å²) in [4.78, 5) is 0. The fourth-order valence-electron chi connectivity index (χ4n) is 4.08. The van der Waals surface area contributed by atoms with Crippen molar-refractivity contribution in [2.45, 2.75) is 72.0 Å². The molecule has 1 aromatic rings. The molecule has 0 radical (unpaired) electrons. The molecular weight excluding hydrogens is 379 g/mol. The van der Waals surface area contributed by atoms with E-state index in [4.69, 9.17) is 13.0 Å². The van der Waals surface area contributed by atoms with Crippen molar-refractivity contribution in [3.05, 3.63) is 35.4 Å². The van der Waals surface area contributed by atoms with Gasteiger partial charge in [-0.3, -0.25) is 0 Å². The van der Waals surface area contributed by atoms with Gasteiger partial charge in [0.05, 0.1) is 5.41 Å². The summed E-state index contributed by atoms with van der Waals surface area (Å²) in [6.45, 7) is 16.3. The number of benzene rings is 1. The lowest BCUT2D eigenvalue weighted by Gasteiger charge is -2.21. The van der Waals surface area contributed by atoms with Crippen LogP contribution in [-0.2, 0) is 10.1 Å². The largest absolute Gasteiger partial charge is 0.741 e. The third-order valence-corrected chi connectivity index (χ3v) is 5.10. The van der Waals surface area contributed by atoms with Crippen molar-refractivity contribution in [1.29, 1.82) is 0 Å². The molecule has 0 unspecified atom stereocenters. The Kier molecular flexibility index (Phi) is 6.60. The maximum Gasteiger partial charge on any atom is 0.485 e. The van der Waals surface area contributed by atoms with Gasteiger partial charge in [-0.05, 0) is 60.6 Å². The minimum atomic E-state index is -6.09. The highest BCUT2D eigenvalue weighted by molar-refractivity contribution is 7.86. The highest BCUT2D eigenvalue weighted by Crippen LogP contribution is 2.41. The van der Waals surface area contributed by atoms with Crippen LogP contribution >= 0.6 is 0 Å². The Hall–Kier alpha value is -1.41. The second kappa shape index (κ2) is 7.54. The predicted octanol–water partition coefficient (Wildman–Crippen LogP) is 4.46. The molecule has 8 heteroatoms. The molecule has 0 N–H and O–H groups in total. The Morgan fingerprint density at radius 1 is 1.07 bits per heavy atom. The monoisotopic (exact) mass is 407 g/mol. The van der Waals surface area contributed by atoms with Crippen molar-refractivity contribution in [1.82, 2.24) is 0 Å². The van der Waals surface area contributed by atoms with E-state index < -0.39 is 15.6 Å². The molecule has 0 bridgehead atoms. The smallest absolute Gasteiger partial charge is 0.485 e. The Morgan fingerprint density at radius 3 is 1.81 bits per heavy atom. The number of alkyl halides is 3. The molecule has 0 saturated heterocycles. The van der Waals surface area contributed by atoms with Crippen LogP contribution in [-0.4, -0.2) is 40.3 Å². The first kappa shape index (κ1) is 23.6. The summed E-state index contributed by atoms with van der Waals surface area (Å²) in [7, 11) is -6.09. The van der Waals surface area contributed by atoms with Gasteiger partial charge in [-0.25, -0.2) is 13.0 Å². The van der Waals surface area contributed by atoms with Gasteiger partial charge >= 0.3 is 5.51 Å². The predicted molar refractivity (Wildman–Crippen MR) is 98.9 cm³/mol. The van der Waals surface area contributed by atoms with Gasteiger partial charge in [0.1, 0.15) is 6.04 Å². The Labute approximate surface area is 159 Å². The molecule has 0 aliphatic carbocycles. The highest BCUT2D eigenvalue weighted by Gasteiger charge is 2.52. The van der Waals surface area contributed by atoms with Crippen LogP contribution in [0.5, 0.6) is 0 Å². The molecule has 0 amide bonds. The molecule has 0 aromatic heterocycles. The van der Waals surface area contributed by atoms with Crippen LogP contribution < -0.4 is 0 Å². The zero-order valence-electron chi connectivity index (χ0n) is 16.8. The molecule has 0 saturated carbocycles. The van der Waals surface area contributed by atoms with Gasteiger partial charge in [-0.1, -0.05) is 17.7 Å². The highest BCUT2D eigenvalue weighted by atomic mass is 32.2. The van der Waals surface area contributed by atoms with Crippen LogP contribution in [0.1, 0.15) is 59.1 Å². The number of hydrogen-bond acceptors (Lipinski definition) is 3. The maximum atomic E-state index is 10.7. The molecule has 154 valence electrons. The van der Waals surface area contributed by atoms with Gasteiger partial charge in [0.2, 0.25) is 0 Å². The average molecular weight is 407 g/mol. The third kappa shape index (κ3) is 5.54. The summed E-state index contributed by atoms with van der Waals surface area (Å²) in [6, 6.07) is 9.55. The van der Waals surface area contributed by atoms with Crippen molar-refractivity contribution < 1.29 is 30.7 Å². The van der Waals surface area contributed by atoms with Crippen LogP contribution in [0.25, 0.3) is 0 Å². The summed E-state index contributed by atoms with van der Waals surface area (Å²) < 4.78 is 61.5. The minimum absolute atomic E-state index is 0.234. The van der Waals surface area contributed by atoms with Crippen LogP contribution in [0.4, 0.5) is 13.2 Å². The van der Waals surface area contributed by atoms with Crippen molar-refractivity contribution in [3.8, 4) is 0 Å². The lowest BCUT2D eigenvalue weighted by Crippen LogP contribution is -2.38. The Morgan fingerprint density at radius 2 is 1.48 bits per heavy atom. The second-order valence-corrected chi connectivity index (χ2v) is 9.82. The first-order valence-corrected chi connectivity index (χ1v) is 10.1. The maximum absolute atomic E-state index is 10.7. The number of rotatable bonds is 2. The van der Waals surface area contributed by atoms with Crippen molar-refractivity contribution in [3.63, 3.8) is 0 Å². The van der Waals surface area contributed by atoms with Crippen LogP contribution in [0.2, 0.25) is 0 Å². The molecule has 1 aliphatic heterocycles. The van der Waals surface area contributed by atoms with E-state index in [1.54, 1.807) is 0 Å². The normalized spacial score (nSPS) is 19.1. The van der Waals surface area contributed by atoms with Gasteiger partial charge < -0.3 is 4.55 Å². The molecule has 0 fully saturated rings. The lowest BCUT2D eigenvalue weighted by atomic mass is 9.79.